The fraction of sp³-hybridized carbons (Fsp3) is 0.250. The summed E-state index contributed by atoms with van der Waals surface area (Å²) >= 11 is 6.10. The summed E-state index contributed by atoms with van der Waals surface area (Å²) in [6.07, 6.45) is 0. The molecule has 0 spiro atoms. The average Bonchev–Trinajstić information content (AvgIpc) is 2.55. The van der Waals surface area contributed by atoms with Crippen molar-refractivity contribution in [2.75, 3.05) is 5.88 Å². The summed E-state index contributed by atoms with van der Waals surface area (Å²) in [6, 6.07) is 10.00. The third-order valence-electron chi connectivity index (χ3n) is 1.68. The maximum absolute atomic E-state index is 4.47. The Kier molecular flexibility index (Phi) is 2.11. The number of thiol groups is 1. The molecule has 0 radical (unpaired) electrons. The Hall–Kier alpha value is -0.480. The van der Waals surface area contributed by atoms with Gasteiger partial charge in [-0.1, -0.05) is 42.1 Å². The molecule has 0 aliphatic carbocycles. The number of azo groups is 1. The Morgan fingerprint density at radius 2 is 2.08 bits per heavy atom. The number of hydrogen-bond acceptors (Lipinski definition) is 4. The number of hydrogen-bond donors (Lipinski definition) is 1. The van der Waals surface area contributed by atoms with E-state index in [4.69, 9.17) is 0 Å². The van der Waals surface area contributed by atoms with E-state index in [0.29, 0.717) is 5.88 Å². The topological polar surface area (TPSA) is 24.7 Å². The molecule has 0 N–H and O–H groups in total. The fourth-order valence-electron chi connectivity index (χ4n) is 1.07. The minimum atomic E-state index is -0.443. The smallest absolute Gasteiger partial charge is 0.180 e. The lowest BCUT2D eigenvalue weighted by Gasteiger charge is -2.16. The van der Waals surface area contributed by atoms with Crippen LogP contribution in [-0.2, 0) is 4.20 Å². The lowest BCUT2D eigenvalue weighted by molar-refractivity contribution is 0.891. The van der Waals surface area contributed by atoms with E-state index >= 15 is 0 Å². The van der Waals surface area contributed by atoms with E-state index in [0.717, 1.165) is 5.56 Å². The van der Waals surface area contributed by atoms with Crippen LogP contribution < -0.4 is 0 Å². The highest BCUT2D eigenvalue weighted by Gasteiger charge is 2.31. The zero-order valence-corrected chi connectivity index (χ0v) is 8.05. The lowest BCUT2D eigenvalue weighted by Crippen LogP contribution is -2.06. The highest BCUT2D eigenvalue weighted by Crippen LogP contribution is 2.45. The average molecular weight is 196 g/mol. The van der Waals surface area contributed by atoms with Crippen LogP contribution in [-0.4, -0.2) is 5.88 Å². The van der Waals surface area contributed by atoms with Crippen molar-refractivity contribution in [2.24, 2.45) is 10.2 Å². The predicted octanol–water partition coefficient (Wildman–Crippen LogP) is 2.88. The highest BCUT2D eigenvalue weighted by atomic mass is 32.2. The van der Waals surface area contributed by atoms with Crippen LogP contribution >= 0.6 is 24.4 Å². The number of rotatable bonds is 1. The first-order valence-corrected chi connectivity index (χ1v) is 5.05. The summed E-state index contributed by atoms with van der Waals surface area (Å²) < 4.78 is -0.443. The van der Waals surface area contributed by atoms with E-state index in [1.54, 1.807) is 11.8 Å². The molecule has 0 saturated heterocycles. The van der Waals surface area contributed by atoms with Crippen molar-refractivity contribution in [1.82, 2.24) is 0 Å². The summed E-state index contributed by atoms with van der Waals surface area (Å²) in [5.74, 6) is 0.707. The van der Waals surface area contributed by atoms with Crippen molar-refractivity contribution in [2.45, 2.75) is 4.20 Å². The molecule has 12 heavy (non-hydrogen) atoms. The third-order valence-corrected chi connectivity index (χ3v) is 3.38. The summed E-state index contributed by atoms with van der Waals surface area (Å²) in [6.45, 7) is 0. The number of benzene rings is 1. The number of nitrogens with zero attached hydrogens (tertiary/aromatic N) is 2. The van der Waals surface area contributed by atoms with E-state index in [1.165, 1.54) is 0 Å². The molecule has 1 aliphatic rings. The fourth-order valence-corrected chi connectivity index (χ4v) is 2.17. The zero-order chi connectivity index (χ0) is 8.44. The molecule has 0 saturated carbocycles. The van der Waals surface area contributed by atoms with Crippen LogP contribution in [0.4, 0.5) is 0 Å². The van der Waals surface area contributed by atoms with Crippen molar-refractivity contribution < 1.29 is 0 Å². The van der Waals surface area contributed by atoms with Gasteiger partial charge in [-0.15, -0.1) is 12.6 Å². The molecule has 1 unspecified atom stereocenters. The minimum absolute atomic E-state index is 0.443. The summed E-state index contributed by atoms with van der Waals surface area (Å²) in [7, 11) is 0. The van der Waals surface area contributed by atoms with Gasteiger partial charge in [-0.25, -0.2) is 0 Å². The van der Waals surface area contributed by atoms with Gasteiger partial charge in [0.05, 0.1) is 0 Å². The highest BCUT2D eigenvalue weighted by molar-refractivity contribution is 8.10. The summed E-state index contributed by atoms with van der Waals surface area (Å²) in [5.41, 5.74) is 1.10. The maximum atomic E-state index is 4.47. The van der Waals surface area contributed by atoms with Crippen molar-refractivity contribution in [1.29, 1.82) is 0 Å². The first-order chi connectivity index (χ1) is 5.81. The monoisotopic (exact) mass is 196 g/mol. The minimum Gasteiger partial charge on any atom is -0.180 e. The molecule has 1 aromatic rings. The van der Waals surface area contributed by atoms with Gasteiger partial charge in [0.2, 0.25) is 0 Å². The largest absolute Gasteiger partial charge is 0.197 e. The van der Waals surface area contributed by atoms with Gasteiger partial charge < -0.3 is 0 Å². The second-order valence-corrected chi connectivity index (χ2v) is 4.58. The van der Waals surface area contributed by atoms with Crippen molar-refractivity contribution in [3.63, 3.8) is 0 Å². The molecule has 1 heterocycles. The van der Waals surface area contributed by atoms with Crippen LogP contribution in [0.15, 0.2) is 40.6 Å². The van der Waals surface area contributed by atoms with Crippen LogP contribution in [0.1, 0.15) is 5.56 Å². The lowest BCUT2D eigenvalue weighted by atomic mass is 10.2. The summed E-state index contributed by atoms with van der Waals surface area (Å²) in [5, 5.41) is 8.01. The molecule has 2 rings (SSSR count). The second kappa shape index (κ2) is 3.11. The van der Waals surface area contributed by atoms with Crippen LogP contribution in [0.3, 0.4) is 0 Å². The van der Waals surface area contributed by atoms with Crippen LogP contribution in [0.25, 0.3) is 0 Å². The third kappa shape index (κ3) is 1.36. The van der Waals surface area contributed by atoms with Crippen molar-refractivity contribution >= 4 is 24.4 Å². The molecule has 0 amide bonds. The van der Waals surface area contributed by atoms with E-state index in [1.807, 2.05) is 30.3 Å². The molecule has 0 fully saturated rings. The normalized spacial score (nSPS) is 27.8. The predicted molar refractivity (Wildman–Crippen MR) is 54.4 cm³/mol. The van der Waals surface area contributed by atoms with Crippen LogP contribution in [0.2, 0.25) is 0 Å². The van der Waals surface area contributed by atoms with Gasteiger partial charge in [0.15, 0.2) is 4.20 Å². The Morgan fingerprint density at radius 3 is 2.67 bits per heavy atom. The van der Waals surface area contributed by atoms with Gasteiger partial charge >= 0.3 is 0 Å². The molecule has 0 aromatic heterocycles. The number of thioether (sulfide) groups is 1. The Bertz CT molecular complexity index is 299. The van der Waals surface area contributed by atoms with E-state index in [-0.39, 0.29) is 0 Å². The molecule has 0 bridgehead atoms. The summed E-state index contributed by atoms with van der Waals surface area (Å²) in [4.78, 5) is 0. The van der Waals surface area contributed by atoms with E-state index in [2.05, 4.69) is 22.9 Å². The Balaban J connectivity index is 2.36. The van der Waals surface area contributed by atoms with Gasteiger partial charge in [-0.05, 0) is 0 Å². The molecule has 1 atom stereocenters. The second-order valence-electron chi connectivity index (χ2n) is 2.49. The van der Waals surface area contributed by atoms with Gasteiger partial charge in [0.25, 0.3) is 0 Å². The molecular formula is C8H8N2S2. The van der Waals surface area contributed by atoms with Gasteiger partial charge in [0, 0.05) is 5.56 Å². The maximum Gasteiger partial charge on any atom is 0.197 e. The molecule has 1 aromatic carbocycles. The molecule has 62 valence electrons. The molecular weight excluding hydrogens is 188 g/mol. The van der Waals surface area contributed by atoms with Gasteiger partial charge in [0.1, 0.15) is 5.88 Å². The van der Waals surface area contributed by atoms with Crippen molar-refractivity contribution in [3.05, 3.63) is 35.9 Å². The molecule has 4 heteroatoms. The zero-order valence-electron chi connectivity index (χ0n) is 6.34. The first kappa shape index (κ1) is 8.13. The Labute approximate surface area is 80.9 Å². The standard InChI is InChI=1S/C8H8N2S2/c11-8(10-9-6-12-8)7-4-2-1-3-5-7/h1-5,11H,6H2. The van der Waals surface area contributed by atoms with Gasteiger partial charge in [-0.2, -0.15) is 10.2 Å². The quantitative estimate of drug-likeness (QED) is 0.686. The van der Waals surface area contributed by atoms with Crippen LogP contribution in [0, 0.1) is 0 Å². The molecule has 1 aliphatic heterocycles. The van der Waals surface area contributed by atoms with Crippen LogP contribution in [0.5, 0.6) is 0 Å². The SMILES string of the molecule is SC1(c2ccccc2)N=NCS1. The Morgan fingerprint density at radius 1 is 1.33 bits per heavy atom. The first-order valence-electron chi connectivity index (χ1n) is 3.62. The van der Waals surface area contributed by atoms with E-state index < -0.39 is 4.20 Å². The van der Waals surface area contributed by atoms with Gasteiger partial charge in [-0.3, -0.25) is 0 Å². The van der Waals surface area contributed by atoms with Crippen molar-refractivity contribution in [3.8, 4) is 0 Å². The molecule has 2 nitrogen and oxygen atoms in total. The van der Waals surface area contributed by atoms with E-state index in [9.17, 15) is 0 Å².